The predicted octanol–water partition coefficient (Wildman–Crippen LogP) is 4.69. The second-order valence-electron chi connectivity index (χ2n) is 7.71. The molecular formula is C23H22O6. The SMILES string of the molecule is COc1cc2c(cc1OC)[C@@H]1C(=O)c3ccc4oc(C(C)C)cc4c3O[C@@H]1CO2. The molecule has 0 bridgehead atoms. The van der Waals surface area contributed by atoms with E-state index in [2.05, 4.69) is 13.8 Å². The maximum atomic E-state index is 13.5. The minimum absolute atomic E-state index is 0.0159. The molecule has 0 amide bonds. The van der Waals surface area contributed by atoms with Crippen molar-refractivity contribution in [3.05, 3.63) is 47.2 Å². The van der Waals surface area contributed by atoms with E-state index in [9.17, 15) is 4.79 Å². The van der Waals surface area contributed by atoms with Crippen LogP contribution in [-0.4, -0.2) is 32.7 Å². The second-order valence-corrected chi connectivity index (χ2v) is 7.71. The van der Waals surface area contributed by atoms with Crippen molar-refractivity contribution in [2.75, 3.05) is 20.8 Å². The second kappa shape index (κ2) is 6.44. The summed E-state index contributed by atoms with van der Waals surface area (Å²) >= 11 is 0. The Morgan fingerprint density at radius 2 is 1.83 bits per heavy atom. The number of hydrogen-bond acceptors (Lipinski definition) is 6. The van der Waals surface area contributed by atoms with E-state index in [1.165, 1.54) is 0 Å². The van der Waals surface area contributed by atoms with E-state index >= 15 is 0 Å². The number of hydrogen-bond donors (Lipinski definition) is 0. The number of rotatable bonds is 3. The number of Topliss-reactive ketones (excluding diaryl/α,β-unsaturated/α-hetero) is 1. The molecule has 0 N–H and O–H groups in total. The van der Waals surface area contributed by atoms with Gasteiger partial charge in [-0.1, -0.05) is 13.8 Å². The smallest absolute Gasteiger partial charge is 0.178 e. The average molecular weight is 394 g/mol. The molecule has 6 nitrogen and oxygen atoms in total. The number of carbonyl (C=O) groups excluding carboxylic acids is 1. The molecule has 3 aromatic rings. The van der Waals surface area contributed by atoms with Crippen molar-refractivity contribution < 1.29 is 28.2 Å². The van der Waals surface area contributed by atoms with Gasteiger partial charge in [-0.25, -0.2) is 0 Å². The number of fused-ring (bicyclic) bond motifs is 6. The highest BCUT2D eigenvalue weighted by Crippen LogP contribution is 2.48. The average Bonchev–Trinajstić information content (AvgIpc) is 3.17. The van der Waals surface area contributed by atoms with E-state index in [4.69, 9.17) is 23.4 Å². The quantitative estimate of drug-likeness (QED) is 0.642. The lowest BCUT2D eigenvalue weighted by molar-refractivity contribution is 0.0566. The van der Waals surface area contributed by atoms with Gasteiger partial charge in [-0.3, -0.25) is 4.79 Å². The topological polar surface area (TPSA) is 67.1 Å². The minimum Gasteiger partial charge on any atom is -0.493 e. The fourth-order valence-corrected chi connectivity index (χ4v) is 4.15. The summed E-state index contributed by atoms with van der Waals surface area (Å²) in [5, 5.41) is 0.830. The molecular weight excluding hydrogens is 372 g/mol. The Morgan fingerprint density at radius 3 is 2.55 bits per heavy atom. The van der Waals surface area contributed by atoms with Gasteiger partial charge in [-0.15, -0.1) is 0 Å². The summed E-state index contributed by atoms with van der Waals surface area (Å²) in [4.78, 5) is 13.5. The third kappa shape index (κ3) is 2.58. The first-order chi connectivity index (χ1) is 14.0. The Hall–Kier alpha value is -3.15. The standard InChI is InChI=1S/C23H22O6/c1-11(2)16-8-14-15(28-16)6-5-12-22(24)21-13-7-18(25-3)19(26-4)9-17(13)27-10-20(21)29-23(12)14/h5-9,11,20-21H,10H2,1-4H3/t20-,21+/m1/s1. The van der Waals surface area contributed by atoms with Crippen LogP contribution in [0.4, 0.5) is 0 Å². The molecule has 0 radical (unpaired) electrons. The number of methoxy groups -OCH3 is 2. The molecule has 0 fully saturated rings. The van der Waals surface area contributed by atoms with Crippen molar-refractivity contribution in [1.82, 2.24) is 0 Å². The van der Waals surface area contributed by atoms with Crippen LogP contribution in [0.1, 0.15) is 47.4 Å². The number of ether oxygens (including phenoxy) is 4. The summed E-state index contributed by atoms with van der Waals surface area (Å²) < 4.78 is 28.9. The Kier molecular flexibility index (Phi) is 3.98. The molecule has 2 aliphatic heterocycles. The maximum absolute atomic E-state index is 13.5. The van der Waals surface area contributed by atoms with E-state index in [1.54, 1.807) is 26.4 Å². The maximum Gasteiger partial charge on any atom is 0.178 e. The van der Waals surface area contributed by atoms with E-state index in [-0.39, 0.29) is 18.3 Å². The zero-order chi connectivity index (χ0) is 20.3. The first-order valence-electron chi connectivity index (χ1n) is 9.67. The summed E-state index contributed by atoms with van der Waals surface area (Å²) in [6, 6.07) is 9.18. The first-order valence-corrected chi connectivity index (χ1v) is 9.67. The summed E-state index contributed by atoms with van der Waals surface area (Å²) in [5.41, 5.74) is 2.05. The zero-order valence-corrected chi connectivity index (χ0v) is 16.8. The monoisotopic (exact) mass is 394 g/mol. The normalized spacial score (nSPS) is 19.8. The van der Waals surface area contributed by atoms with Crippen LogP contribution < -0.4 is 18.9 Å². The third-order valence-corrected chi connectivity index (χ3v) is 5.68. The number of ketones is 1. The van der Waals surface area contributed by atoms with Gasteiger partial charge >= 0.3 is 0 Å². The van der Waals surface area contributed by atoms with Gasteiger partial charge in [0.1, 0.15) is 35.6 Å². The van der Waals surface area contributed by atoms with E-state index in [0.29, 0.717) is 28.6 Å². The van der Waals surface area contributed by atoms with E-state index in [0.717, 1.165) is 22.3 Å². The lowest BCUT2D eigenvalue weighted by Crippen LogP contribution is -2.43. The Morgan fingerprint density at radius 1 is 1.07 bits per heavy atom. The predicted molar refractivity (Wildman–Crippen MR) is 107 cm³/mol. The molecule has 0 saturated heterocycles. The fourth-order valence-electron chi connectivity index (χ4n) is 4.15. The van der Waals surface area contributed by atoms with Gasteiger partial charge in [-0.05, 0) is 24.3 Å². The minimum atomic E-state index is -0.458. The molecule has 3 heterocycles. The number of benzene rings is 2. The molecule has 0 aliphatic carbocycles. The highest BCUT2D eigenvalue weighted by molar-refractivity contribution is 6.09. The van der Waals surface area contributed by atoms with Gasteiger partial charge in [-0.2, -0.15) is 0 Å². The Balaban J connectivity index is 1.64. The summed E-state index contributed by atoms with van der Waals surface area (Å²) in [5.74, 6) is 3.00. The van der Waals surface area contributed by atoms with Gasteiger partial charge in [0, 0.05) is 17.5 Å². The van der Waals surface area contributed by atoms with Crippen LogP contribution in [0, 0.1) is 0 Å². The van der Waals surface area contributed by atoms with E-state index < -0.39 is 12.0 Å². The molecule has 5 rings (SSSR count). The van der Waals surface area contributed by atoms with Crippen molar-refractivity contribution in [3.8, 4) is 23.0 Å². The molecule has 2 aromatic carbocycles. The van der Waals surface area contributed by atoms with Crippen LogP contribution in [0.3, 0.4) is 0 Å². The van der Waals surface area contributed by atoms with Gasteiger partial charge in [0.25, 0.3) is 0 Å². The fraction of sp³-hybridized carbons (Fsp3) is 0.348. The van der Waals surface area contributed by atoms with Gasteiger partial charge in [0.15, 0.2) is 17.3 Å². The molecule has 29 heavy (non-hydrogen) atoms. The van der Waals surface area contributed by atoms with Gasteiger partial charge in [0.05, 0.1) is 31.1 Å². The zero-order valence-electron chi connectivity index (χ0n) is 16.8. The lowest BCUT2D eigenvalue weighted by Gasteiger charge is -2.37. The molecule has 2 atom stereocenters. The van der Waals surface area contributed by atoms with Crippen LogP contribution >= 0.6 is 0 Å². The first kappa shape index (κ1) is 17.9. The van der Waals surface area contributed by atoms with Crippen LogP contribution in [0.5, 0.6) is 23.0 Å². The molecule has 1 aromatic heterocycles. The number of carbonyl (C=O) groups is 1. The van der Waals surface area contributed by atoms with Crippen molar-refractivity contribution in [3.63, 3.8) is 0 Å². The molecule has 0 saturated carbocycles. The molecule has 0 unspecified atom stereocenters. The van der Waals surface area contributed by atoms with Crippen molar-refractivity contribution in [2.45, 2.75) is 31.8 Å². The van der Waals surface area contributed by atoms with E-state index in [1.807, 2.05) is 18.2 Å². The third-order valence-electron chi connectivity index (χ3n) is 5.68. The number of furan rings is 1. The van der Waals surface area contributed by atoms with Crippen LogP contribution in [0.15, 0.2) is 34.7 Å². The Labute approximate surface area is 168 Å². The molecule has 150 valence electrons. The lowest BCUT2D eigenvalue weighted by atomic mass is 9.81. The van der Waals surface area contributed by atoms with Crippen molar-refractivity contribution in [2.24, 2.45) is 0 Å². The van der Waals surface area contributed by atoms with Crippen molar-refractivity contribution >= 4 is 16.8 Å². The van der Waals surface area contributed by atoms with Gasteiger partial charge < -0.3 is 23.4 Å². The molecule has 2 aliphatic rings. The van der Waals surface area contributed by atoms with Crippen LogP contribution in [0.2, 0.25) is 0 Å². The molecule has 0 spiro atoms. The highest BCUT2D eigenvalue weighted by Gasteiger charge is 2.44. The highest BCUT2D eigenvalue weighted by atomic mass is 16.5. The summed E-state index contributed by atoms with van der Waals surface area (Å²) in [7, 11) is 3.14. The molecule has 6 heteroatoms. The Bertz CT molecular complexity index is 1130. The van der Waals surface area contributed by atoms with Crippen molar-refractivity contribution in [1.29, 1.82) is 0 Å². The summed E-state index contributed by atoms with van der Waals surface area (Å²) in [6.07, 6.45) is -0.413. The largest absolute Gasteiger partial charge is 0.493 e. The summed E-state index contributed by atoms with van der Waals surface area (Å²) in [6.45, 7) is 4.42. The van der Waals surface area contributed by atoms with Crippen LogP contribution in [-0.2, 0) is 0 Å². The van der Waals surface area contributed by atoms with Gasteiger partial charge in [0.2, 0.25) is 0 Å². The van der Waals surface area contributed by atoms with Crippen LogP contribution in [0.25, 0.3) is 11.0 Å².